The lowest BCUT2D eigenvalue weighted by Crippen LogP contribution is -2.12. The molecule has 11 heteroatoms. The average Bonchev–Trinajstić information content (AvgIpc) is 3.07. The first-order valence-electron chi connectivity index (χ1n) is 7.44. The van der Waals surface area contributed by atoms with Gasteiger partial charge in [-0.25, -0.2) is 4.39 Å². The van der Waals surface area contributed by atoms with Gasteiger partial charge in [-0.1, -0.05) is 40.6 Å². The van der Waals surface area contributed by atoms with Crippen molar-refractivity contribution >= 4 is 49.7 Å². The summed E-state index contributed by atoms with van der Waals surface area (Å²) in [7, 11) is -4.07. The number of halogens is 2. The highest BCUT2D eigenvalue weighted by Gasteiger charge is 2.22. The lowest BCUT2D eigenvalue weighted by atomic mass is 10.1. The molecule has 3 aromatic rings. The van der Waals surface area contributed by atoms with E-state index >= 15 is 0 Å². The van der Waals surface area contributed by atoms with Crippen LogP contribution in [0.1, 0.15) is 15.9 Å². The van der Waals surface area contributed by atoms with E-state index in [1.807, 2.05) is 13.0 Å². The molecule has 1 amide bonds. The minimum Gasteiger partial charge on any atom is -0.296 e. The van der Waals surface area contributed by atoms with Crippen LogP contribution >= 0.6 is 22.9 Å². The predicted octanol–water partition coefficient (Wildman–Crippen LogP) is 3.69. The second kappa shape index (κ2) is 7.59. The molecule has 2 aromatic carbocycles. The highest BCUT2D eigenvalue weighted by molar-refractivity contribution is 7.94. The molecule has 0 saturated heterocycles. The number of benzene rings is 2. The molecular weight excluding hydrogens is 415 g/mol. The number of sulfonamides is 1. The summed E-state index contributed by atoms with van der Waals surface area (Å²) in [6.45, 7) is 1.85. The summed E-state index contributed by atoms with van der Waals surface area (Å²) in [5.41, 5.74) is 1.39. The Labute approximate surface area is 163 Å². The van der Waals surface area contributed by atoms with Crippen LogP contribution in [0.4, 0.5) is 15.2 Å². The first-order chi connectivity index (χ1) is 12.7. The SMILES string of the molecule is Cc1cccc(C(=O)Nc2nnc(S(=O)(=O)Nc3ccc(F)c(Cl)c3)s2)c1. The Bertz CT molecular complexity index is 1120. The molecule has 0 saturated carbocycles. The molecule has 0 aliphatic heterocycles. The molecule has 7 nitrogen and oxygen atoms in total. The van der Waals surface area contributed by atoms with Crippen LogP contribution in [0.2, 0.25) is 5.02 Å². The van der Waals surface area contributed by atoms with Gasteiger partial charge in [-0.15, -0.1) is 10.2 Å². The minimum absolute atomic E-state index is 0.0269. The Hall–Kier alpha value is -2.56. The molecule has 0 aliphatic carbocycles. The Morgan fingerprint density at radius 3 is 2.67 bits per heavy atom. The average molecular weight is 427 g/mol. The first kappa shape index (κ1) is 19.2. The van der Waals surface area contributed by atoms with E-state index < -0.39 is 21.7 Å². The van der Waals surface area contributed by atoms with E-state index in [0.717, 1.165) is 17.7 Å². The van der Waals surface area contributed by atoms with Crippen molar-refractivity contribution in [3.8, 4) is 0 Å². The topological polar surface area (TPSA) is 101 Å². The summed E-state index contributed by atoms with van der Waals surface area (Å²) in [4.78, 5) is 12.2. The lowest BCUT2D eigenvalue weighted by molar-refractivity contribution is 0.102. The van der Waals surface area contributed by atoms with Gasteiger partial charge in [-0.3, -0.25) is 14.8 Å². The van der Waals surface area contributed by atoms with Crippen molar-refractivity contribution in [2.45, 2.75) is 11.3 Å². The fourth-order valence-electron chi connectivity index (χ4n) is 2.08. The molecule has 1 heterocycles. The number of carbonyl (C=O) groups is 1. The third kappa shape index (κ3) is 4.59. The third-order valence-electron chi connectivity index (χ3n) is 3.31. The molecule has 1 aromatic heterocycles. The molecule has 2 N–H and O–H groups in total. The van der Waals surface area contributed by atoms with E-state index in [4.69, 9.17) is 11.6 Å². The normalized spacial score (nSPS) is 11.2. The fourth-order valence-corrected chi connectivity index (χ4v) is 4.21. The maximum Gasteiger partial charge on any atom is 0.291 e. The van der Waals surface area contributed by atoms with E-state index in [0.29, 0.717) is 16.9 Å². The van der Waals surface area contributed by atoms with E-state index in [1.165, 1.54) is 6.07 Å². The summed E-state index contributed by atoms with van der Waals surface area (Å²) >= 11 is 6.32. The molecule has 140 valence electrons. The van der Waals surface area contributed by atoms with Gasteiger partial charge in [0, 0.05) is 5.56 Å². The quantitative estimate of drug-likeness (QED) is 0.606. The monoisotopic (exact) mass is 426 g/mol. The molecule has 0 atom stereocenters. The molecule has 27 heavy (non-hydrogen) atoms. The zero-order valence-corrected chi connectivity index (χ0v) is 16.1. The summed E-state index contributed by atoms with van der Waals surface area (Å²) < 4.78 is 39.8. The van der Waals surface area contributed by atoms with Crippen LogP contribution in [-0.4, -0.2) is 24.5 Å². The molecule has 0 spiro atoms. The maximum atomic E-state index is 13.2. The maximum absolute atomic E-state index is 13.2. The molecule has 3 rings (SSSR count). The second-order valence-electron chi connectivity index (χ2n) is 5.43. The number of aryl methyl sites for hydroxylation is 1. The van der Waals surface area contributed by atoms with Gasteiger partial charge in [0.15, 0.2) is 0 Å². The van der Waals surface area contributed by atoms with Crippen LogP contribution in [0.5, 0.6) is 0 Å². The van der Waals surface area contributed by atoms with Gasteiger partial charge in [-0.2, -0.15) is 8.42 Å². The number of rotatable bonds is 5. The highest BCUT2D eigenvalue weighted by atomic mass is 35.5. The van der Waals surface area contributed by atoms with Gasteiger partial charge in [0.2, 0.25) is 5.13 Å². The predicted molar refractivity (Wildman–Crippen MR) is 101 cm³/mol. The van der Waals surface area contributed by atoms with Gasteiger partial charge in [-0.05, 0) is 37.3 Å². The van der Waals surface area contributed by atoms with E-state index in [1.54, 1.807) is 18.2 Å². The van der Waals surface area contributed by atoms with Crippen molar-refractivity contribution in [3.05, 3.63) is 64.4 Å². The standard InChI is InChI=1S/C16H12ClFN4O3S2/c1-9-3-2-4-10(7-9)14(23)19-15-20-21-16(26-15)27(24,25)22-11-5-6-13(18)12(17)8-11/h2-8,22H,1H3,(H,19,20,23). The molecule has 0 fully saturated rings. The molecule has 0 bridgehead atoms. The van der Waals surface area contributed by atoms with Gasteiger partial charge in [0.1, 0.15) is 5.82 Å². The molecule has 0 radical (unpaired) electrons. The van der Waals surface area contributed by atoms with Crippen LogP contribution in [-0.2, 0) is 10.0 Å². The summed E-state index contributed by atoms with van der Waals surface area (Å²) in [6.07, 6.45) is 0. The van der Waals surface area contributed by atoms with Crippen molar-refractivity contribution in [1.82, 2.24) is 10.2 Å². The Morgan fingerprint density at radius 2 is 1.96 bits per heavy atom. The first-order valence-corrected chi connectivity index (χ1v) is 10.1. The van der Waals surface area contributed by atoms with E-state index in [9.17, 15) is 17.6 Å². The van der Waals surface area contributed by atoms with Crippen LogP contribution < -0.4 is 10.0 Å². The Kier molecular flexibility index (Phi) is 5.40. The van der Waals surface area contributed by atoms with Gasteiger partial charge in [0.05, 0.1) is 10.7 Å². The van der Waals surface area contributed by atoms with Gasteiger partial charge < -0.3 is 0 Å². The van der Waals surface area contributed by atoms with Crippen molar-refractivity contribution in [2.75, 3.05) is 10.0 Å². The number of aromatic nitrogens is 2. The number of hydrogen-bond acceptors (Lipinski definition) is 6. The van der Waals surface area contributed by atoms with Crippen LogP contribution in [0.25, 0.3) is 0 Å². The number of nitrogens with zero attached hydrogens (tertiary/aromatic N) is 2. The number of amides is 1. The third-order valence-corrected chi connectivity index (χ3v) is 6.19. The van der Waals surface area contributed by atoms with Crippen LogP contribution in [0.3, 0.4) is 0 Å². The summed E-state index contributed by atoms with van der Waals surface area (Å²) in [6, 6.07) is 10.3. The smallest absolute Gasteiger partial charge is 0.291 e. The Morgan fingerprint density at radius 1 is 1.19 bits per heavy atom. The Balaban J connectivity index is 1.75. The number of nitrogens with one attached hydrogen (secondary N) is 2. The molecule has 0 unspecified atom stereocenters. The zero-order chi connectivity index (χ0) is 19.6. The van der Waals surface area contributed by atoms with Crippen molar-refractivity contribution in [3.63, 3.8) is 0 Å². The summed E-state index contributed by atoms with van der Waals surface area (Å²) in [5, 5.41) is 9.56. The van der Waals surface area contributed by atoms with Gasteiger partial charge in [0.25, 0.3) is 20.3 Å². The van der Waals surface area contributed by atoms with Gasteiger partial charge >= 0.3 is 0 Å². The number of anilines is 2. The number of carbonyl (C=O) groups excluding carboxylic acids is 1. The highest BCUT2D eigenvalue weighted by Crippen LogP contribution is 2.25. The minimum atomic E-state index is -4.07. The van der Waals surface area contributed by atoms with Crippen LogP contribution in [0, 0.1) is 12.7 Å². The largest absolute Gasteiger partial charge is 0.296 e. The summed E-state index contributed by atoms with van der Waals surface area (Å²) in [5.74, 6) is -1.10. The van der Waals surface area contributed by atoms with E-state index in [2.05, 4.69) is 20.2 Å². The fraction of sp³-hybridized carbons (Fsp3) is 0.0625. The number of hydrogen-bond donors (Lipinski definition) is 2. The van der Waals surface area contributed by atoms with E-state index in [-0.39, 0.29) is 20.2 Å². The lowest BCUT2D eigenvalue weighted by Gasteiger charge is -2.05. The molecule has 0 aliphatic rings. The second-order valence-corrected chi connectivity index (χ2v) is 8.67. The van der Waals surface area contributed by atoms with Crippen molar-refractivity contribution in [2.24, 2.45) is 0 Å². The zero-order valence-electron chi connectivity index (χ0n) is 13.7. The van der Waals surface area contributed by atoms with Crippen molar-refractivity contribution in [1.29, 1.82) is 0 Å². The molecular formula is C16H12ClFN4O3S2. The van der Waals surface area contributed by atoms with Crippen LogP contribution in [0.15, 0.2) is 46.8 Å². The van der Waals surface area contributed by atoms with Crippen molar-refractivity contribution < 1.29 is 17.6 Å².